The number of hydrogen-bond acceptors (Lipinski definition) is 10. The summed E-state index contributed by atoms with van der Waals surface area (Å²) in [5.74, 6) is -0.942. The zero-order valence-corrected chi connectivity index (χ0v) is 11.9. The Balaban J connectivity index is 1.97. The van der Waals surface area contributed by atoms with Gasteiger partial charge in [-0.15, -0.1) is 15.3 Å². The van der Waals surface area contributed by atoms with Crippen molar-refractivity contribution in [2.24, 2.45) is 7.05 Å². The number of nitrogens with zero attached hydrogens (tertiary/aromatic N) is 8. The molecular formula is C9H9N9O3S. The highest BCUT2D eigenvalue weighted by Gasteiger charge is 2.24. The van der Waals surface area contributed by atoms with Gasteiger partial charge in [0.1, 0.15) is 6.33 Å². The van der Waals surface area contributed by atoms with Gasteiger partial charge in [-0.25, -0.2) is 9.42 Å². The summed E-state index contributed by atoms with van der Waals surface area (Å²) in [4.78, 5) is 11.3. The third kappa shape index (κ3) is 2.37. The van der Waals surface area contributed by atoms with Crippen molar-refractivity contribution in [1.29, 1.82) is 0 Å². The summed E-state index contributed by atoms with van der Waals surface area (Å²) in [7, 11) is 1.77. The summed E-state index contributed by atoms with van der Waals surface area (Å²) in [5.41, 5.74) is 5.67. The highest BCUT2D eigenvalue weighted by molar-refractivity contribution is 7.98. The summed E-state index contributed by atoms with van der Waals surface area (Å²) in [6, 6.07) is 0. The first-order chi connectivity index (χ1) is 10.6. The van der Waals surface area contributed by atoms with E-state index in [4.69, 9.17) is 5.73 Å². The van der Waals surface area contributed by atoms with Crippen LogP contribution in [-0.2, 0) is 12.8 Å². The molecule has 114 valence electrons. The van der Waals surface area contributed by atoms with Gasteiger partial charge < -0.3 is 15.4 Å². The van der Waals surface area contributed by atoms with E-state index < -0.39 is 5.97 Å². The molecule has 3 aromatic heterocycles. The molecule has 12 nitrogen and oxygen atoms in total. The number of carboxylic acids is 1. The zero-order chi connectivity index (χ0) is 15.7. The maximum Gasteiger partial charge on any atom is 0.358 e. The minimum atomic E-state index is -1.21. The van der Waals surface area contributed by atoms with E-state index in [0.717, 1.165) is 0 Å². The zero-order valence-electron chi connectivity index (χ0n) is 11.1. The lowest BCUT2D eigenvalue weighted by Crippen LogP contribution is -2.08. The number of rotatable bonds is 5. The number of nitrogens with two attached hydrogens (primary N) is 1. The Morgan fingerprint density at radius 2 is 2.27 bits per heavy atom. The predicted octanol–water partition coefficient (Wildman–Crippen LogP) is -0.649. The SMILES string of the molecule is Cn1cnnc1SCc1c(C(=O)O)nnn1-c1nonc1N. The number of aryl methyl sites for hydroxylation is 1. The molecule has 0 bridgehead atoms. The van der Waals surface area contributed by atoms with E-state index >= 15 is 0 Å². The van der Waals surface area contributed by atoms with Gasteiger partial charge in [-0.2, -0.15) is 4.68 Å². The molecule has 3 N–H and O–H groups in total. The Morgan fingerprint density at radius 1 is 1.45 bits per heavy atom. The number of thioether (sulfide) groups is 1. The molecule has 3 heterocycles. The van der Waals surface area contributed by atoms with Gasteiger partial charge >= 0.3 is 5.97 Å². The molecule has 0 aliphatic carbocycles. The third-order valence-electron chi connectivity index (χ3n) is 2.67. The molecule has 0 saturated carbocycles. The van der Waals surface area contributed by atoms with Gasteiger partial charge in [0.15, 0.2) is 10.9 Å². The van der Waals surface area contributed by atoms with E-state index in [2.05, 4.69) is 35.5 Å². The smallest absolute Gasteiger partial charge is 0.358 e. The van der Waals surface area contributed by atoms with Crippen molar-refractivity contribution in [2.45, 2.75) is 10.9 Å². The Kier molecular flexibility index (Phi) is 3.46. The number of aromatic nitrogens is 8. The molecule has 0 aromatic carbocycles. The molecule has 0 fully saturated rings. The molecule has 0 aliphatic heterocycles. The second-order valence-electron chi connectivity index (χ2n) is 4.09. The van der Waals surface area contributed by atoms with Gasteiger partial charge in [0, 0.05) is 12.8 Å². The van der Waals surface area contributed by atoms with Crippen molar-refractivity contribution < 1.29 is 14.5 Å². The Bertz CT molecular complexity index is 822. The van der Waals surface area contributed by atoms with Gasteiger partial charge in [0.2, 0.25) is 11.6 Å². The first kappa shape index (κ1) is 14.0. The van der Waals surface area contributed by atoms with Crippen LogP contribution in [0.2, 0.25) is 0 Å². The lowest BCUT2D eigenvalue weighted by molar-refractivity contribution is 0.0689. The van der Waals surface area contributed by atoms with Gasteiger partial charge in [-0.3, -0.25) is 0 Å². The lowest BCUT2D eigenvalue weighted by Gasteiger charge is -2.03. The molecular weight excluding hydrogens is 314 g/mol. The van der Waals surface area contributed by atoms with Crippen molar-refractivity contribution in [1.82, 2.24) is 40.1 Å². The summed E-state index contributed by atoms with van der Waals surface area (Å²) >= 11 is 1.27. The van der Waals surface area contributed by atoms with E-state index in [1.54, 1.807) is 11.6 Å². The number of hydrogen-bond donors (Lipinski definition) is 2. The second kappa shape index (κ2) is 5.44. The van der Waals surface area contributed by atoms with Crippen LogP contribution in [0.25, 0.3) is 5.82 Å². The summed E-state index contributed by atoms with van der Waals surface area (Å²) in [6.45, 7) is 0. The number of carbonyl (C=O) groups is 1. The van der Waals surface area contributed by atoms with Gasteiger partial charge in [-0.05, 0) is 10.3 Å². The first-order valence-electron chi connectivity index (χ1n) is 5.81. The summed E-state index contributed by atoms with van der Waals surface area (Å²) in [5, 5.41) is 31.9. The fraction of sp³-hybridized carbons (Fsp3) is 0.222. The minimum absolute atomic E-state index is 0.0215. The molecule has 22 heavy (non-hydrogen) atoms. The maximum absolute atomic E-state index is 11.3. The molecule has 3 rings (SSSR count). The van der Waals surface area contributed by atoms with E-state index in [-0.39, 0.29) is 28.8 Å². The fourth-order valence-corrected chi connectivity index (χ4v) is 2.52. The average molecular weight is 323 g/mol. The van der Waals surface area contributed by atoms with Gasteiger partial charge in [-0.1, -0.05) is 17.0 Å². The van der Waals surface area contributed by atoms with Crippen LogP contribution in [-0.4, -0.2) is 51.1 Å². The monoisotopic (exact) mass is 323 g/mol. The van der Waals surface area contributed by atoms with Crippen molar-refractivity contribution in [3.8, 4) is 5.82 Å². The van der Waals surface area contributed by atoms with Crippen LogP contribution in [0.3, 0.4) is 0 Å². The Hall–Kier alpha value is -2.96. The second-order valence-corrected chi connectivity index (χ2v) is 5.03. The van der Waals surface area contributed by atoms with E-state index in [0.29, 0.717) is 5.16 Å². The van der Waals surface area contributed by atoms with Crippen LogP contribution in [0.15, 0.2) is 16.1 Å². The summed E-state index contributed by atoms with van der Waals surface area (Å²) in [6.07, 6.45) is 1.54. The molecule has 0 saturated heterocycles. The topological polar surface area (TPSA) is 164 Å². The van der Waals surface area contributed by atoms with Crippen LogP contribution in [0.5, 0.6) is 0 Å². The van der Waals surface area contributed by atoms with E-state index in [1.165, 1.54) is 22.8 Å². The molecule has 13 heteroatoms. The third-order valence-corrected chi connectivity index (χ3v) is 3.72. The highest BCUT2D eigenvalue weighted by Crippen LogP contribution is 2.24. The standard InChI is InChI=1S/C9H9N9O3S/c1-17-3-11-13-9(17)22-2-4-5(8(19)20)12-16-18(4)7-6(10)14-21-15-7/h3H,2H2,1H3,(H2,10,14)(H,19,20). The van der Waals surface area contributed by atoms with Crippen LogP contribution >= 0.6 is 11.8 Å². The molecule has 0 atom stereocenters. The van der Waals surface area contributed by atoms with Crippen molar-refractivity contribution in [3.63, 3.8) is 0 Å². The first-order valence-corrected chi connectivity index (χ1v) is 6.79. The molecule has 3 aromatic rings. The van der Waals surface area contributed by atoms with Crippen LogP contribution in [0, 0.1) is 0 Å². The lowest BCUT2D eigenvalue weighted by atomic mass is 10.3. The van der Waals surface area contributed by atoms with Gasteiger partial charge in [0.25, 0.3) is 0 Å². The van der Waals surface area contributed by atoms with E-state index in [1.807, 2.05) is 0 Å². The van der Waals surface area contributed by atoms with Crippen LogP contribution < -0.4 is 5.73 Å². The van der Waals surface area contributed by atoms with Crippen LogP contribution in [0.1, 0.15) is 16.2 Å². The number of nitrogen functional groups attached to an aromatic ring is 1. The molecule has 0 aliphatic rings. The summed E-state index contributed by atoms with van der Waals surface area (Å²) < 4.78 is 7.38. The minimum Gasteiger partial charge on any atom is -0.476 e. The molecule has 0 spiro atoms. The quantitative estimate of drug-likeness (QED) is 0.573. The van der Waals surface area contributed by atoms with Crippen molar-refractivity contribution in [2.75, 3.05) is 5.73 Å². The van der Waals surface area contributed by atoms with E-state index in [9.17, 15) is 9.90 Å². The predicted molar refractivity (Wildman–Crippen MR) is 71.2 cm³/mol. The average Bonchev–Trinajstić information content (AvgIpc) is 3.16. The largest absolute Gasteiger partial charge is 0.476 e. The molecule has 0 amide bonds. The van der Waals surface area contributed by atoms with Crippen molar-refractivity contribution >= 4 is 23.5 Å². The number of anilines is 1. The highest BCUT2D eigenvalue weighted by atomic mass is 32.2. The van der Waals surface area contributed by atoms with Gasteiger partial charge in [0.05, 0.1) is 5.69 Å². The normalized spacial score (nSPS) is 11.0. The Morgan fingerprint density at radius 3 is 2.86 bits per heavy atom. The fourth-order valence-electron chi connectivity index (χ4n) is 1.64. The molecule has 0 radical (unpaired) electrons. The van der Waals surface area contributed by atoms with Crippen LogP contribution in [0.4, 0.5) is 5.82 Å². The number of aromatic carboxylic acids is 1. The Labute approximate surface area is 126 Å². The van der Waals surface area contributed by atoms with Crippen molar-refractivity contribution in [3.05, 3.63) is 17.7 Å². The number of carboxylic acid groups (broad SMARTS) is 1. The maximum atomic E-state index is 11.3. The molecule has 0 unspecified atom stereocenters.